The van der Waals surface area contributed by atoms with Crippen LogP contribution in [0, 0.1) is 10.1 Å². The van der Waals surface area contributed by atoms with E-state index < -0.39 is 18.3 Å². The predicted octanol–water partition coefficient (Wildman–Crippen LogP) is 4.43. The highest BCUT2D eigenvalue weighted by Crippen LogP contribution is 2.59. The molecule has 0 fully saturated rings. The van der Waals surface area contributed by atoms with Crippen LogP contribution in [0.2, 0.25) is 5.02 Å². The molecule has 2 aromatic carbocycles. The number of nitro groups is 1. The molecule has 3 rings (SSSR count). The third kappa shape index (κ3) is 4.63. The average Bonchev–Trinajstić information content (AvgIpc) is 3.22. The molecule has 1 atom stereocenters. The second kappa shape index (κ2) is 8.71. The van der Waals surface area contributed by atoms with Crippen molar-refractivity contribution in [2.45, 2.75) is 5.78 Å². The second-order valence-electron chi connectivity index (χ2n) is 5.82. The molecule has 1 aromatic heterocycles. The Hall–Kier alpha value is -2.78. The number of nitro benzene ring substituents is 1. The van der Waals surface area contributed by atoms with E-state index in [-0.39, 0.29) is 5.69 Å². The lowest BCUT2D eigenvalue weighted by Crippen LogP contribution is -2.14. The van der Waals surface area contributed by atoms with E-state index in [2.05, 4.69) is 15.6 Å². The first kappa shape index (κ1) is 20.9. The van der Waals surface area contributed by atoms with Gasteiger partial charge in [0.15, 0.2) is 5.78 Å². The second-order valence-corrected chi connectivity index (χ2v) is 8.58. The molecule has 1 N–H and O–H groups in total. The number of hydrogen-bond acceptors (Lipinski definition) is 8. The lowest BCUT2D eigenvalue weighted by atomic mass is 10.3. The molecule has 0 aliphatic rings. The standard InChI is InChI=1S/C17H17ClN5O5P/c1-27-29(26,28-2)17(19-13-5-3-12(18)4-6-13)16-11-22(21-20-16)14-7-9-15(10-8-14)23(24)25/h3-11,17,19H,1-2H3. The third-order valence-electron chi connectivity index (χ3n) is 4.09. The van der Waals surface area contributed by atoms with E-state index in [1.807, 2.05) is 0 Å². The maximum Gasteiger partial charge on any atom is 0.358 e. The summed E-state index contributed by atoms with van der Waals surface area (Å²) in [6.45, 7) is 0. The Morgan fingerprint density at radius 2 is 1.76 bits per heavy atom. The van der Waals surface area contributed by atoms with Gasteiger partial charge in [-0.05, 0) is 36.4 Å². The van der Waals surface area contributed by atoms with Gasteiger partial charge in [0, 0.05) is 37.1 Å². The van der Waals surface area contributed by atoms with Crippen LogP contribution in [0.3, 0.4) is 0 Å². The summed E-state index contributed by atoms with van der Waals surface area (Å²) < 4.78 is 24.8. The van der Waals surface area contributed by atoms with Crippen LogP contribution in [0.4, 0.5) is 11.4 Å². The van der Waals surface area contributed by atoms with E-state index >= 15 is 0 Å². The third-order valence-corrected chi connectivity index (χ3v) is 6.39. The van der Waals surface area contributed by atoms with E-state index in [0.717, 1.165) is 0 Å². The Morgan fingerprint density at radius 3 is 2.31 bits per heavy atom. The Labute approximate surface area is 171 Å². The molecule has 0 spiro atoms. The van der Waals surface area contributed by atoms with Crippen LogP contribution in [0.15, 0.2) is 54.7 Å². The quantitative estimate of drug-likeness (QED) is 0.312. The number of nitrogens with one attached hydrogen (secondary N) is 1. The van der Waals surface area contributed by atoms with Crippen molar-refractivity contribution in [3.8, 4) is 5.69 Å². The maximum absolute atomic E-state index is 13.1. The summed E-state index contributed by atoms with van der Waals surface area (Å²) in [6, 6.07) is 12.6. The normalized spacial score (nSPS) is 12.5. The van der Waals surface area contributed by atoms with Gasteiger partial charge in [0.1, 0.15) is 5.69 Å². The van der Waals surface area contributed by atoms with Crippen LogP contribution in [0.5, 0.6) is 0 Å². The highest BCUT2D eigenvalue weighted by molar-refractivity contribution is 7.54. The first-order chi connectivity index (χ1) is 13.9. The van der Waals surface area contributed by atoms with Crippen molar-refractivity contribution in [1.82, 2.24) is 15.0 Å². The van der Waals surface area contributed by atoms with Crippen molar-refractivity contribution >= 4 is 30.6 Å². The number of non-ortho nitro benzene ring substituents is 1. The minimum Gasteiger partial charge on any atom is -0.367 e. The molecule has 3 aromatic rings. The van der Waals surface area contributed by atoms with Gasteiger partial charge in [-0.2, -0.15) is 0 Å². The van der Waals surface area contributed by atoms with Crippen LogP contribution in [0.25, 0.3) is 5.69 Å². The maximum atomic E-state index is 13.1. The van der Waals surface area contributed by atoms with Crippen molar-refractivity contribution < 1.29 is 18.5 Å². The van der Waals surface area contributed by atoms with Crippen molar-refractivity contribution in [2.75, 3.05) is 19.5 Å². The van der Waals surface area contributed by atoms with E-state index in [0.29, 0.717) is 22.1 Å². The van der Waals surface area contributed by atoms with Crippen LogP contribution >= 0.6 is 19.2 Å². The highest BCUT2D eigenvalue weighted by atomic mass is 35.5. The Balaban J connectivity index is 1.95. The molecule has 29 heavy (non-hydrogen) atoms. The molecule has 10 nitrogen and oxygen atoms in total. The molecule has 1 unspecified atom stereocenters. The summed E-state index contributed by atoms with van der Waals surface area (Å²) in [4.78, 5) is 10.3. The summed E-state index contributed by atoms with van der Waals surface area (Å²) in [5.74, 6) is -0.953. The molecular weight excluding hydrogens is 421 g/mol. The summed E-state index contributed by atoms with van der Waals surface area (Å²) in [7, 11) is -1.08. The van der Waals surface area contributed by atoms with Crippen LogP contribution < -0.4 is 5.32 Å². The largest absolute Gasteiger partial charge is 0.367 e. The molecule has 0 saturated carbocycles. The van der Waals surface area contributed by atoms with Crippen molar-refractivity contribution in [1.29, 1.82) is 0 Å². The number of aromatic nitrogens is 3. The predicted molar refractivity (Wildman–Crippen MR) is 107 cm³/mol. The fourth-order valence-electron chi connectivity index (χ4n) is 2.56. The van der Waals surface area contributed by atoms with Crippen molar-refractivity contribution in [2.24, 2.45) is 0 Å². The fraction of sp³-hybridized carbons (Fsp3) is 0.176. The number of halogens is 1. The Bertz CT molecular complexity index is 1030. The van der Waals surface area contributed by atoms with Crippen molar-refractivity contribution in [3.63, 3.8) is 0 Å². The summed E-state index contributed by atoms with van der Waals surface area (Å²) in [5.41, 5.74) is 1.42. The number of benzene rings is 2. The van der Waals surface area contributed by atoms with Gasteiger partial charge in [0.2, 0.25) is 0 Å². The van der Waals surface area contributed by atoms with E-state index in [1.54, 1.807) is 30.5 Å². The zero-order valence-electron chi connectivity index (χ0n) is 15.4. The first-order valence-electron chi connectivity index (χ1n) is 8.26. The summed E-state index contributed by atoms with van der Waals surface area (Å²) >= 11 is 5.91. The monoisotopic (exact) mass is 437 g/mol. The van der Waals surface area contributed by atoms with Gasteiger partial charge >= 0.3 is 7.60 Å². The van der Waals surface area contributed by atoms with Gasteiger partial charge in [0.05, 0.1) is 16.8 Å². The minimum absolute atomic E-state index is 0.0420. The number of rotatable bonds is 8. The van der Waals surface area contributed by atoms with E-state index in [9.17, 15) is 14.7 Å². The topological polar surface area (TPSA) is 121 Å². The Morgan fingerprint density at radius 1 is 1.14 bits per heavy atom. The van der Waals surface area contributed by atoms with E-state index in [4.69, 9.17) is 20.6 Å². The van der Waals surface area contributed by atoms with Crippen LogP contribution in [-0.4, -0.2) is 34.1 Å². The molecule has 0 amide bonds. The minimum atomic E-state index is -3.64. The molecule has 12 heteroatoms. The van der Waals surface area contributed by atoms with Crippen LogP contribution in [0.1, 0.15) is 11.5 Å². The molecule has 0 aliphatic heterocycles. The first-order valence-corrected chi connectivity index (χ1v) is 10.3. The van der Waals surface area contributed by atoms with Crippen LogP contribution in [-0.2, 0) is 13.6 Å². The molecule has 0 bridgehead atoms. The van der Waals surface area contributed by atoms with E-state index in [1.165, 1.54) is 43.2 Å². The smallest absolute Gasteiger partial charge is 0.358 e. The van der Waals surface area contributed by atoms with Gasteiger partial charge in [0.25, 0.3) is 5.69 Å². The highest BCUT2D eigenvalue weighted by Gasteiger charge is 2.38. The van der Waals surface area contributed by atoms with Crippen molar-refractivity contribution in [3.05, 3.63) is 75.6 Å². The SMILES string of the molecule is COP(=O)(OC)C(Nc1ccc(Cl)cc1)c1cn(-c2ccc([N+](=O)[O-])cc2)nn1. The van der Waals surface area contributed by atoms with Gasteiger partial charge < -0.3 is 14.4 Å². The molecular formula is C17H17ClN5O5P. The molecule has 152 valence electrons. The lowest BCUT2D eigenvalue weighted by Gasteiger charge is -2.24. The van der Waals surface area contributed by atoms with Gasteiger partial charge in [-0.25, -0.2) is 4.68 Å². The molecule has 1 heterocycles. The molecule has 0 saturated heterocycles. The molecule has 0 radical (unpaired) electrons. The lowest BCUT2D eigenvalue weighted by molar-refractivity contribution is -0.384. The van der Waals surface area contributed by atoms with Gasteiger partial charge in [-0.1, -0.05) is 16.8 Å². The fourth-order valence-corrected chi connectivity index (χ4v) is 4.01. The zero-order valence-corrected chi connectivity index (χ0v) is 17.1. The summed E-state index contributed by atoms with van der Waals surface area (Å²) in [6.07, 6.45) is 1.54. The number of nitrogens with zero attached hydrogens (tertiary/aromatic N) is 4. The van der Waals surface area contributed by atoms with Gasteiger partial charge in [-0.15, -0.1) is 5.10 Å². The number of anilines is 1. The zero-order chi connectivity index (χ0) is 21.0. The molecule has 0 aliphatic carbocycles. The summed E-state index contributed by atoms with van der Waals surface area (Å²) in [5, 5.41) is 22.5. The van der Waals surface area contributed by atoms with Gasteiger partial charge in [-0.3, -0.25) is 14.7 Å². The number of hydrogen-bond donors (Lipinski definition) is 1. The average molecular weight is 438 g/mol. The Kier molecular flexibility index (Phi) is 6.29.